The van der Waals surface area contributed by atoms with E-state index in [1.807, 2.05) is 0 Å². The number of carbonyl (C=O) groups excluding carboxylic acids is 1. The summed E-state index contributed by atoms with van der Waals surface area (Å²) in [5, 5.41) is 0. The van der Waals surface area contributed by atoms with Crippen LogP contribution < -0.4 is 5.90 Å². The quantitative estimate of drug-likeness (QED) is 0.610. The van der Waals surface area contributed by atoms with Crippen molar-refractivity contribution >= 4 is 6.16 Å². The molecule has 0 heterocycles. The molecular formula is CH2NO3Pu. The van der Waals surface area contributed by atoms with Gasteiger partial charge in [-0.3, -0.25) is 0 Å². The molecule has 0 aliphatic carbocycles. The molecule has 0 spiro atoms. The second-order valence-corrected chi connectivity index (χ2v) is 1.15. The van der Waals surface area contributed by atoms with Crippen molar-refractivity contribution in [2.45, 2.75) is 0 Å². The Hall–Kier alpha value is 0.217. The first-order valence-electron chi connectivity index (χ1n) is 1.01. The average molecular weight is 320 g/mol. The number of rotatable bonds is 0. The van der Waals surface area contributed by atoms with Crippen molar-refractivity contribution in [2.75, 3.05) is 0 Å². The van der Waals surface area contributed by atoms with Crippen LogP contribution in [-0.2, 0) is 7.31 Å². The Labute approximate surface area is 52.4 Å². The van der Waals surface area contributed by atoms with E-state index >= 15 is 0 Å². The molecule has 4 nitrogen and oxygen atoms in total. The van der Waals surface area contributed by atoms with Gasteiger partial charge in [-0.05, 0) is 0 Å². The summed E-state index contributed by atoms with van der Waals surface area (Å²) in [4.78, 5) is 13.2. The van der Waals surface area contributed by atoms with E-state index in [0.29, 0.717) is 28.0 Å². The molecule has 0 aromatic carbocycles. The summed E-state index contributed by atoms with van der Waals surface area (Å²) in [5.41, 5.74) is 0. The van der Waals surface area contributed by atoms with Crippen LogP contribution in [0.25, 0.3) is 0 Å². The standard InChI is InChI=1S/CH3NO3.Pu/c2-5-1(3)4;/h2H2,(H,3,4);/q;+1/p-1. The normalized spacial score (nSPS) is 7.17. The molecule has 0 radical (unpaired) electrons. The summed E-state index contributed by atoms with van der Waals surface area (Å²) < 4.78 is 4.04. The summed E-state index contributed by atoms with van der Waals surface area (Å²) in [6, 6.07) is 0. The van der Waals surface area contributed by atoms with Crippen LogP contribution in [0.3, 0.4) is 0 Å². The maximum absolute atomic E-state index is 9.64. The SMILES string of the molecule is NOC(=O)[O][Pu]. The third-order valence-electron chi connectivity index (χ3n) is 0.164. The van der Waals surface area contributed by atoms with Gasteiger partial charge in [-0.2, -0.15) is 0 Å². The molecule has 0 atom stereocenters. The topological polar surface area (TPSA) is 61.5 Å². The molecule has 0 saturated heterocycles. The van der Waals surface area contributed by atoms with Gasteiger partial charge in [-0.25, -0.2) is 0 Å². The van der Waals surface area contributed by atoms with Gasteiger partial charge < -0.3 is 0 Å². The fourth-order valence-electron chi connectivity index (χ4n) is 0.0196. The summed E-state index contributed by atoms with van der Waals surface area (Å²) >= 11 is 0.397. The van der Waals surface area contributed by atoms with Gasteiger partial charge in [0.05, 0.1) is 0 Å². The van der Waals surface area contributed by atoms with Gasteiger partial charge in [-0.1, -0.05) is 0 Å². The van der Waals surface area contributed by atoms with Crippen LogP contribution in [0.1, 0.15) is 0 Å². The van der Waals surface area contributed by atoms with Crippen LogP contribution in [0, 0.1) is 28.0 Å². The van der Waals surface area contributed by atoms with Crippen LogP contribution in [0.5, 0.6) is 0 Å². The molecule has 5 heteroatoms. The monoisotopic (exact) mass is 314 g/mol. The molecule has 35 valence electrons. The van der Waals surface area contributed by atoms with Gasteiger partial charge in [0.1, 0.15) is 0 Å². The summed E-state index contributed by atoms with van der Waals surface area (Å²) in [7, 11) is 0. The van der Waals surface area contributed by atoms with Crippen LogP contribution >= 0.6 is 0 Å². The Kier molecular flexibility index (Phi) is 3.53. The number of nitrogens with two attached hydrogens (primary N) is 1. The Balaban J connectivity index is 2.99. The average Bonchev–Trinajstić information content (AvgIpc) is 1.65. The Morgan fingerprint density at radius 3 is 2.33 bits per heavy atom. The predicted octanol–water partition coefficient (Wildman–Crippen LogP) is -0.522. The van der Waals surface area contributed by atoms with Crippen molar-refractivity contribution in [1.29, 1.82) is 0 Å². The molecule has 0 amide bonds. The Morgan fingerprint density at radius 2 is 2.33 bits per heavy atom. The van der Waals surface area contributed by atoms with E-state index in [9.17, 15) is 4.79 Å². The van der Waals surface area contributed by atoms with Crippen molar-refractivity contribution < 1.29 is 40.1 Å². The molecule has 0 aliphatic heterocycles. The van der Waals surface area contributed by atoms with Crippen LogP contribution in [0.2, 0.25) is 0 Å². The molecule has 0 aromatic heterocycles. The minimum absolute atomic E-state index is 0.397. The molecule has 6 heavy (non-hydrogen) atoms. The van der Waals surface area contributed by atoms with E-state index in [-0.39, 0.29) is 0 Å². The zero-order chi connectivity index (χ0) is 4.99. The molecule has 2 N–H and O–H groups in total. The molecule has 0 bridgehead atoms. The molecule has 0 fully saturated rings. The second kappa shape index (κ2) is 3.41. The van der Waals surface area contributed by atoms with Gasteiger partial charge in [0.2, 0.25) is 0 Å². The van der Waals surface area contributed by atoms with Crippen molar-refractivity contribution in [1.82, 2.24) is 0 Å². The van der Waals surface area contributed by atoms with E-state index in [1.54, 1.807) is 0 Å². The first-order chi connectivity index (χ1) is 2.81. The van der Waals surface area contributed by atoms with E-state index < -0.39 is 6.16 Å². The number of hydrogen-bond acceptors (Lipinski definition) is 4. The van der Waals surface area contributed by atoms with Crippen LogP contribution in [0.4, 0.5) is 4.79 Å². The molecule has 0 aromatic rings. The van der Waals surface area contributed by atoms with E-state index in [4.69, 9.17) is 0 Å². The maximum atomic E-state index is 9.64. The van der Waals surface area contributed by atoms with E-state index in [1.165, 1.54) is 0 Å². The first kappa shape index (κ1) is 6.22. The number of carbonyl (C=O) groups is 1. The van der Waals surface area contributed by atoms with Gasteiger partial charge in [0, 0.05) is 0 Å². The fraction of sp³-hybridized carbons (Fsp3) is 0. The molecule has 0 aliphatic rings. The van der Waals surface area contributed by atoms with E-state index in [0.717, 1.165) is 0 Å². The minimum atomic E-state index is -0.823. The van der Waals surface area contributed by atoms with Gasteiger partial charge >= 0.3 is 52.2 Å². The molecular weight excluding hydrogens is 318 g/mol. The predicted molar refractivity (Wildman–Crippen MR) is 11.8 cm³/mol. The van der Waals surface area contributed by atoms with Crippen molar-refractivity contribution in [3.05, 3.63) is 0 Å². The molecule has 0 unspecified atom stereocenters. The summed E-state index contributed by atoms with van der Waals surface area (Å²) in [6.07, 6.45) is -0.823. The van der Waals surface area contributed by atoms with E-state index in [2.05, 4.69) is 13.2 Å². The van der Waals surface area contributed by atoms with Crippen LogP contribution in [0.15, 0.2) is 0 Å². The first-order valence-corrected chi connectivity index (χ1v) is 2.40. The molecule has 0 saturated carbocycles. The second-order valence-electron chi connectivity index (χ2n) is 0.451. The summed E-state index contributed by atoms with van der Waals surface area (Å²) in [5.74, 6) is 4.33. The van der Waals surface area contributed by atoms with Crippen LogP contribution in [-0.4, -0.2) is 6.16 Å². The third-order valence-corrected chi connectivity index (χ3v) is 0.731. The van der Waals surface area contributed by atoms with Crippen molar-refractivity contribution in [3.63, 3.8) is 0 Å². The Morgan fingerprint density at radius 1 is 1.83 bits per heavy atom. The zero-order valence-corrected chi connectivity index (χ0v) is 6.11. The van der Waals surface area contributed by atoms with Crippen molar-refractivity contribution in [3.8, 4) is 0 Å². The molecule has 0 rings (SSSR count). The van der Waals surface area contributed by atoms with Crippen molar-refractivity contribution in [2.24, 2.45) is 5.90 Å². The fourth-order valence-corrected chi connectivity index (χ4v) is 0.183. The number of hydrogen-bond donors (Lipinski definition) is 1. The van der Waals surface area contributed by atoms with Gasteiger partial charge in [0.25, 0.3) is 0 Å². The summed E-state index contributed by atoms with van der Waals surface area (Å²) in [6.45, 7) is 0. The van der Waals surface area contributed by atoms with Gasteiger partial charge in [-0.15, -0.1) is 0 Å². The third kappa shape index (κ3) is 2.45. The zero-order valence-electron chi connectivity index (χ0n) is 2.71. The Bertz CT molecular complexity index is 48.8. The van der Waals surface area contributed by atoms with Gasteiger partial charge in [0.15, 0.2) is 0 Å².